The Balaban J connectivity index is 2.06. The Kier molecular flexibility index (Phi) is 7.60. The zero-order valence-electron chi connectivity index (χ0n) is 16.8. The van der Waals surface area contributed by atoms with E-state index in [1.54, 1.807) is 6.92 Å². The number of methoxy groups -OCH3 is 1. The SMILES string of the molecule is CC#Cc1cn(C2CC(O)C(COP(C)(=O)N[C@@H](C)C(=O)OC)C2)c(=O)[nH]c1=O. The fraction of sp³-hybridized carbons (Fsp3) is 0.611. The van der Waals surface area contributed by atoms with Crippen LogP contribution >= 0.6 is 7.52 Å². The van der Waals surface area contributed by atoms with Gasteiger partial charge in [0.1, 0.15) is 11.6 Å². The van der Waals surface area contributed by atoms with E-state index in [9.17, 15) is 24.1 Å². The molecule has 11 heteroatoms. The second-order valence-corrected chi connectivity index (χ2v) is 9.26. The number of carbonyl (C=O) groups is 1. The smallest absolute Gasteiger partial charge is 0.328 e. The molecule has 2 rings (SSSR count). The number of carbonyl (C=O) groups excluding carboxylic acids is 1. The number of aliphatic hydroxyl groups is 1. The molecule has 1 fully saturated rings. The van der Waals surface area contributed by atoms with Crippen molar-refractivity contribution in [2.75, 3.05) is 20.4 Å². The van der Waals surface area contributed by atoms with E-state index < -0.39 is 36.9 Å². The summed E-state index contributed by atoms with van der Waals surface area (Å²) in [4.78, 5) is 37.7. The van der Waals surface area contributed by atoms with Crippen LogP contribution in [-0.2, 0) is 18.6 Å². The van der Waals surface area contributed by atoms with Crippen LogP contribution in [0.5, 0.6) is 0 Å². The number of H-pyrrole nitrogens is 1. The fourth-order valence-electron chi connectivity index (χ4n) is 3.32. The van der Waals surface area contributed by atoms with Crippen molar-refractivity contribution < 1.29 is 23.7 Å². The van der Waals surface area contributed by atoms with Crippen molar-refractivity contribution in [3.05, 3.63) is 32.6 Å². The minimum atomic E-state index is -3.32. The van der Waals surface area contributed by atoms with E-state index >= 15 is 0 Å². The van der Waals surface area contributed by atoms with Gasteiger partial charge in [0.05, 0.1) is 19.8 Å². The normalized spacial score (nSPS) is 24.2. The maximum Gasteiger partial charge on any atom is 0.328 e. The monoisotopic (exact) mass is 427 g/mol. The Hall–Kier alpha value is -2.18. The largest absolute Gasteiger partial charge is 0.468 e. The van der Waals surface area contributed by atoms with Gasteiger partial charge in [-0.1, -0.05) is 5.92 Å². The standard InChI is InChI=1S/C18H26N3O7P/c1-5-6-12-9-21(18(25)19-16(12)23)14-7-13(15(22)8-14)10-28-29(4,26)20-11(2)17(24)27-3/h9,11,13-15,22H,7-8,10H2,1-4H3,(H,20,26)(H,19,23,25)/t11-,13?,14?,15?,29?/m0/s1. The lowest BCUT2D eigenvalue weighted by Gasteiger charge is -2.22. The number of aliphatic hydroxyl groups excluding tert-OH is 1. The lowest BCUT2D eigenvalue weighted by Crippen LogP contribution is -2.33. The molecule has 1 aromatic heterocycles. The molecule has 0 bridgehead atoms. The molecule has 3 N–H and O–H groups in total. The first-order valence-corrected chi connectivity index (χ1v) is 11.2. The van der Waals surface area contributed by atoms with E-state index in [0.29, 0.717) is 6.42 Å². The first-order valence-electron chi connectivity index (χ1n) is 9.12. The van der Waals surface area contributed by atoms with E-state index in [4.69, 9.17) is 4.52 Å². The summed E-state index contributed by atoms with van der Waals surface area (Å²) < 4.78 is 23.9. The molecular weight excluding hydrogens is 401 g/mol. The van der Waals surface area contributed by atoms with Crippen molar-refractivity contribution >= 4 is 13.5 Å². The van der Waals surface area contributed by atoms with Crippen LogP contribution in [0.3, 0.4) is 0 Å². The number of hydrogen-bond donors (Lipinski definition) is 3. The highest BCUT2D eigenvalue weighted by Gasteiger charge is 2.36. The van der Waals surface area contributed by atoms with Crippen LogP contribution in [0.2, 0.25) is 0 Å². The Morgan fingerprint density at radius 1 is 1.48 bits per heavy atom. The average molecular weight is 427 g/mol. The Bertz CT molecular complexity index is 974. The zero-order chi connectivity index (χ0) is 21.8. The average Bonchev–Trinajstić information content (AvgIpc) is 3.01. The molecule has 0 spiro atoms. The summed E-state index contributed by atoms with van der Waals surface area (Å²) in [6.45, 7) is 4.41. The quantitative estimate of drug-likeness (QED) is 0.319. The second kappa shape index (κ2) is 9.55. The van der Waals surface area contributed by atoms with Crippen molar-refractivity contribution in [1.29, 1.82) is 0 Å². The van der Waals surface area contributed by atoms with Crippen LogP contribution < -0.4 is 16.3 Å². The van der Waals surface area contributed by atoms with Crippen molar-refractivity contribution in [3.63, 3.8) is 0 Å². The summed E-state index contributed by atoms with van der Waals surface area (Å²) >= 11 is 0. The van der Waals surface area contributed by atoms with Crippen LogP contribution in [0, 0.1) is 17.8 Å². The summed E-state index contributed by atoms with van der Waals surface area (Å²) in [7, 11) is -2.09. The number of aromatic nitrogens is 2. The highest BCUT2D eigenvalue weighted by Crippen LogP contribution is 2.42. The number of esters is 1. The predicted molar refractivity (Wildman–Crippen MR) is 106 cm³/mol. The first kappa shape index (κ1) is 23.1. The first-order chi connectivity index (χ1) is 13.6. The Morgan fingerprint density at radius 3 is 2.79 bits per heavy atom. The third-order valence-electron chi connectivity index (χ3n) is 4.77. The molecule has 10 nitrogen and oxygen atoms in total. The maximum absolute atomic E-state index is 12.5. The number of ether oxygens (including phenoxy) is 1. The second-order valence-electron chi connectivity index (χ2n) is 7.05. The highest BCUT2D eigenvalue weighted by atomic mass is 31.2. The van der Waals surface area contributed by atoms with Crippen molar-refractivity contribution in [2.24, 2.45) is 5.92 Å². The van der Waals surface area contributed by atoms with E-state index in [1.807, 2.05) is 0 Å². The van der Waals surface area contributed by atoms with Crippen LogP contribution in [-0.4, -0.2) is 53.2 Å². The van der Waals surface area contributed by atoms with E-state index in [-0.39, 0.29) is 30.6 Å². The van der Waals surface area contributed by atoms with Gasteiger partial charge in [0.2, 0.25) is 0 Å². The van der Waals surface area contributed by atoms with Gasteiger partial charge in [-0.05, 0) is 26.7 Å². The number of rotatable bonds is 7. The summed E-state index contributed by atoms with van der Waals surface area (Å²) in [5.74, 6) is 4.32. The molecule has 5 atom stereocenters. The van der Waals surface area contributed by atoms with Gasteiger partial charge in [0.25, 0.3) is 13.1 Å². The van der Waals surface area contributed by atoms with Crippen molar-refractivity contribution in [1.82, 2.24) is 14.6 Å². The summed E-state index contributed by atoms with van der Waals surface area (Å²) in [5.41, 5.74) is -0.970. The van der Waals surface area contributed by atoms with E-state index in [1.165, 1.54) is 31.5 Å². The summed E-state index contributed by atoms with van der Waals surface area (Å²) in [5, 5.41) is 13.0. The van der Waals surface area contributed by atoms with Crippen molar-refractivity contribution in [2.45, 2.75) is 44.9 Å². The van der Waals surface area contributed by atoms with Gasteiger partial charge in [-0.25, -0.2) is 9.88 Å². The molecule has 160 valence electrons. The maximum atomic E-state index is 12.5. The number of hydrogen-bond acceptors (Lipinski definition) is 7. The van der Waals surface area contributed by atoms with Gasteiger partial charge in [-0.2, -0.15) is 0 Å². The fourth-order valence-corrected chi connectivity index (χ4v) is 4.68. The van der Waals surface area contributed by atoms with Gasteiger partial charge >= 0.3 is 11.7 Å². The van der Waals surface area contributed by atoms with Gasteiger partial charge in [-0.15, -0.1) is 5.92 Å². The number of nitrogens with zero attached hydrogens (tertiary/aromatic N) is 1. The van der Waals surface area contributed by atoms with Crippen LogP contribution in [0.15, 0.2) is 15.8 Å². The van der Waals surface area contributed by atoms with Gasteiger partial charge in [0, 0.05) is 24.8 Å². The summed E-state index contributed by atoms with van der Waals surface area (Å²) in [6, 6.07) is -1.17. The van der Waals surface area contributed by atoms with E-state index in [0.717, 1.165) is 0 Å². The predicted octanol–water partition coefficient (Wildman–Crippen LogP) is 0.211. The van der Waals surface area contributed by atoms with Crippen LogP contribution in [0.4, 0.5) is 0 Å². The van der Waals surface area contributed by atoms with Gasteiger partial charge in [-0.3, -0.25) is 23.7 Å². The van der Waals surface area contributed by atoms with Crippen molar-refractivity contribution in [3.8, 4) is 11.8 Å². The molecule has 1 aromatic rings. The molecule has 1 heterocycles. The molecule has 0 aromatic carbocycles. The third kappa shape index (κ3) is 5.90. The molecule has 1 aliphatic carbocycles. The zero-order valence-corrected chi connectivity index (χ0v) is 17.7. The number of nitrogens with one attached hydrogen (secondary N) is 2. The van der Waals surface area contributed by atoms with Gasteiger partial charge in [0.15, 0.2) is 0 Å². The molecule has 4 unspecified atom stereocenters. The molecule has 0 aliphatic heterocycles. The third-order valence-corrected chi connectivity index (χ3v) is 6.27. The van der Waals surface area contributed by atoms with E-state index in [2.05, 4.69) is 26.6 Å². The molecular formula is C18H26N3O7P. The molecule has 0 radical (unpaired) electrons. The molecule has 29 heavy (non-hydrogen) atoms. The highest BCUT2D eigenvalue weighted by molar-refractivity contribution is 7.56. The molecule has 1 aliphatic rings. The summed E-state index contributed by atoms with van der Waals surface area (Å²) in [6.07, 6.45) is 1.28. The Labute approximate surface area is 168 Å². The minimum absolute atomic E-state index is 0.0218. The minimum Gasteiger partial charge on any atom is -0.468 e. The topological polar surface area (TPSA) is 140 Å². The van der Waals surface area contributed by atoms with Crippen LogP contribution in [0.1, 0.15) is 38.3 Å². The molecule has 0 amide bonds. The lowest BCUT2D eigenvalue weighted by molar-refractivity contribution is -0.142. The molecule has 1 saturated carbocycles. The molecule has 0 saturated heterocycles. The Morgan fingerprint density at radius 2 is 2.17 bits per heavy atom. The lowest BCUT2D eigenvalue weighted by atomic mass is 10.1. The van der Waals surface area contributed by atoms with Gasteiger partial charge < -0.3 is 14.4 Å². The van der Waals surface area contributed by atoms with Crippen LogP contribution in [0.25, 0.3) is 0 Å². The number of aromatic amines is 1.